The highest BCUT2D eigenvalue weighted by molar-refractivity contribution is 6.33. The number of aromatic nitrogens is 2. The minimum absolute atomic E-state index is 0.102. The third-order valence-electron chi connectivity index (χ3n) is 5.30. The van der Waals surface area contributed by atoms with Crippen LogP contribution in [-0.2, 0) is 0 Å². The number of rotatable bonds is 5. The van der Waals surface area contributed by atoms with Gasteiger partial charge in [0.1, 0.15) is 5.82 Å². The predicted octanol–water partition coefficient (Wildman–Crippen LogP) is 3.97. The minimum atomic E-state index is -0.102. The van der Waals surface area contributed by atoms with E-state index in [1.165, 1.54) is 0 Å². The molecule has 150 valence electrons. The average molecular weight is 402 g/mol. The van der Waals surface area contributed by atoms with E-state index in [0.717, 1.165) is 42.8 Å². The van der Waals surface area contributed by atoms with E-state index in [9.17, 15) is 4.79 Å². The van der Waals surface area contributed by atoms with Gasteiger partial charge in [-0.25, -0.2) is 4.98 Å². The van der Waals surface area contributed by atoms with E-state index >= 15 is 0 Å². The lowest BCUT2D eigenvalue weighted by molar-refractivity contribution is 0.0926. The molecule has 1 aliphatic carbocycles. The van der Waals surface area contributed by atoms with Gasteiger partial charge in [0.15, 0.2) is 0 Å². The van der Waals surface area contributed by atoms with Crippen molar-refractivity contribution in [2.24, 2.45) is 0 Å². The summed E-state index contributed by atoms with van der Waals surface area (Å²) in [6.07, 6.45) is 3.75. The van der Waals surface area contributed by atoms with Crippen molar-refractivity contribution in [2.75, 3.05) is 24.3 Å². The van der Waals surface area contributed by atoms with Gasteiger partial charge in [-0.05, 0) is 51.7 Å². The van der Waals surface area contributed by atoms with Crippen LogP contribution in [0.2, 0.25) is 5.02 Å². The van der Waals surface area contributed by atoms with Gasteiger partial charge in [0.25, 0.3) is 5.91 Å². The van der Waals surface area contributed by atoms with Crippen molar-refractivity contribution < 1.29 is 4.79 Å². The summed E-state index contributed by atoms with van der Waals surface area (Å²) in [5.74, 6) is 1.51. The summed E-state index contributed by atoms with van der Waals surface area (Å²) in [6.45, 7) is 4.05. The number of hydrogen-bond donors (Lipinski definition) is 2. The summed E-state index contributed by atoms with van der Waals surface area (Å²) >= 11 is 6.12. The van der Waals surface area contributed by atoms with Crippen LogP contribution < -0.4 is 15.5 Å². The second-order valence-corrected chi connectivity index (χ2v) is 8.03. The number of hydrogen-bond acceptors (Lipinski definition) is 5. The largest absolute Gasteiger partial charge is 0.362 e. The van der Waals surface area contributed by atoms with E-state index < -0.39 is 0 Å². The Morgan fingerprint density at radius 2 is 1.71 bits per heavy atom. The summed E-state index contributed by atoms with van der Waals surface area (Å²) in [6, 6.07) is 7.62. The van der Waals surface area contributed by atoms with Gasteiger partial charge >= 0.3 is 0 Å². The monoisotopic (exact) mass is 401 g/mol. The van der Waals surface area contributed by atoms with E-state index in [1.807, 2.05) is 45.0 Å². The van der Waals surface area contributed by atoms with Crippen LogP contribution in [-0.4, -0.2) is 42.1 Å². The molecule has 1 aromatic carbocycles. The molecular formula is C21H28ClN5O. The molecule has 0 atom stereocenters. The van der Waals surface area contributed by atoms with Crippen molar-refractivity contribution in [1.82, 2.24) is 15.3 Å². The van der Waals surface area contributed by atoms with Crippen molar-refractivity contribution in [2.45, 2.75) is 51.6 Å². The maximum atomic E-state index is 12.4. The fourth-order valence-corrected chi connectivity index (χ4v) is 3.81. The van der Waals surface area contributed by atoms with Crippen molar-refractivity contribution in [3.05, 3.63) is 46.1 Å². The lowest BCUT2D eigenvalue weighted by Gasteiger charge is -2.30. The predicted molar refractivity (Wildman–Crippen MR) is 114 cm³/mol. The van der Waals surface area contributed by atoms with Crippen LogP contribution >= 0.6 is 11.6 Å². The number of aryl methyl sites for hydroxylation is 1. The Balaban J connectivity index is 1.56. The van der Waals surface area contributed by atoms with Crippen LogP contribution in [0.25, 0.3) is 0 Å². The first-order chi connectivity index (χ1) is 13.3. The Kier molecular flexibility index (Phi) is 6.39. The van der Waals surface area contributed by atoms with Gasteiger partial charge in [0.2, 0.25) is 5.95 Å². The molecule has 0 spiro atoms. The number of benzene rings is 1. The molecule has 1 aromatic heterocycles. The van der Waals surface area contributed by atoms with Crippen molar-refractivity contribution in [3.63, 3.8) is 0 Å². The Hall–Kier alpha value is -2.34. The number of nitrogens with zero attached hydrogens (tertiary/aromatic N) is 3. The molecule has 1 amide bonds. The molecule has 1 fully saturated rings. The highest BCUT2D eigenvalue weighted by atomic mass is 35.5. The molecule has 7 heteroatoms. The third-order valence-corrected chi connectivity index (χ3v) is 5.63. The molecule has 0 aliphatic heterocycles. The number of amides is 1. The first kappa shape index (κ1) is 20.4. The van der Waals surface area contributed by atoms with Crippen LogP contribution in [0, 0.1) is 13.8 Å². The maximum Gasteiger partial charge on any atom is 0.253 e. The molecule has 0 saturated heterocycles. The zero-order valence-electron chi connectivity index (χ0n) is 16.9. The first-order valence-corrected chi connectivity index (χ1v) is 10.1. The third kappa shape index (κ3) is 4.73. The summed E-state index contributed by atoms with van der Waals surface area (Å²) in [5, 5.41) is 7.07. The molecule has 1 heterocycles. The van der Waals surface area contributed by atoms with E-state index in [1.54, 1.807) is 12.1 Å². The zero-order valence-corrected chi connectivity index (χ0v) is 17.7. The number of carbonyl (C=O) groups excluding carboxylic acids is 1. The first-order valence-electron chi connectivity index (χ1n) is 9.69. The summed E-state index contributed by atoms with van der Waals surface area (Å²) in [7, 11) is 3.98. The number of halogens is 1. The van der Waals surface area contributed by atoms with Gasteiger partial charge in [-0.1, -0.05) is 23.7 Å². The van der Waals surface area contributed by atoms with Gasteiger partial charge in [-0.2, -0.15) is 4.98 Å². The molecule has 2 N–H and O–H groups in total. The van der Waals surface area contributed by atoms with Crippen molar-refractivity contribution in [3.8, 4) is 0 Å². The lowest BCUT2D eigenvalue weighted by Crippen LogP contribution is -2.40. The molecule has 3 rings (SSSR count). The second kappa shape index (κ2) is 8.78. The average Bonchev–Trinajstić information content (AvgIpc) is 2.66. The van der Waals surface area contributed by atoms with E-state index in [4.69, 9.17) is 11.6 Å². The minimum Gasteiger partial charge on any atom is -0.362 e. The number of anilines is 2. The smallest absolute Gasteiger partial charge is 0.253 e. The van der Waals surface area contributed by atoms with Crippen LogP contribution in [0.3, 0.4) is 0 Å². The van der Waals surface area contributed by atoms with Crippen LogP contribution in [0.4, 0.5) is 11.8 Å². The lowest BCUT2D eigenvalue weighted by atomic mass is 9.91. The number of nitrogens with one attached hydrogen (secondary N) is 2. The fourth-order valence-electron chi connectivity index (χ4n) is 3.59. The van der Waals surface area contributed by atoms with Gasteiger partial charge in [0, 0.05) is 37.4 Å². The molecule has 1 aliphatic rings. The highest BCUT2D eigenvalue weighted by Gasteiger charge is 2.24. The van der Waals surface area contributed by atoms with Gasteiger partial charge in [0.05, 0.1) is 10.6 Å². The molecule has 1 saturated carbocycles. The highest BCUT2D eigenvalue weighted by Crippen LogP contribution is 2.24. The summed E-state index contributed by atoms with van der Waals surface area (Å²) in [4.78, 5) is 23.7. The maximum absolute atomic E-state index is 12.4. The van der Waals surface area contributed by atoms with Crippen molar-refractivity contribution >= 4 is 29.3 Å². The Labute approximate surface area is 171 Å². The Morgan fingerprint density at radius 3 is 2.36 bits per heavy atom. The topological polar surface area (TPSA) is 70.1 Å². The summed E-state index contributed by atoms with van der Waals surface area (Å²) < 4.78 is 0. The summed E-state index contributed by atoms with van der Waals surface area (Å²) in [5.41, 5.74) is 2.62. The number of carbonyl (C=O) groups is 1. The quantitative estimate of drug-likeness (QED) is 0.793. The van der Waals surface area contributed by atoms with Gasteiger partial charge < -0.3 is 15.5 Å². The van der Waals surface area contributed by atoms with Crippen LogP contribution in [0.1, 0.15) is 47.3 Å². The Bertz CT molecular complexity index is 847. The van der Waals surface area contributed by atoms with E-state index in [-0.39, 0.29) is 11.9 Å². The molecule has 0 radical (unpaired) electrons. The Morgan fingerprint density at radius 1 is 1.07 bits per heavy atom. The van der Waals surface area contributed by atoms with E-state index in [0.29, 0.717) is 22.6 Å². The zero-order chi connectivity index (χ0) is 20.3. The van der Waals surface area contributed by atoms with Gasteiger partial charge in [-0.15, -0.1) is 0 Å². The molecule has 2 aromatic rings. The fraction of sp³-hybridized carbons (Fsp3) is 0.476. The van der Waals surface area contributed by atoms with Gasteiger partial charge in [-0.3, -0.25) is 4.79 Å². The van der Waals surface area contributed by atoms with Crippen molar-refractivity contribution in [1.29, 1.82) is 0 Å². The standard InChI is InChI=1S/C21H28ClN5O/c1-13-14(2)23-21(26-19(13)27(3)4)25-16-11-9-15(10-12-16)24-20(28)17-7-5-6-8-18(17)22/h5-8,15-16H,9-12H2,1-4H3,(H,24,28)(H,23,25,26). The molecular weight excluding hydrogens is 374 g/mol. The van der Waals surface area contributed by atoms with E-state index in [2.05, 4.69) is 20.6 Å². The molecule has 0 unspecified atom stereocenters. The normalized spacial score (nSPS) is 19.2. The molecule has 0 bridgehead atoms. The van der Waals surface area contributed by atoms with Crippen LogP contribution in [0.15, 0.2) is 24.3 Å². The second-order valence-electron chi connectivity index (χ2n) is 7.62. The molecule has 6 nitrogen and oxygen atoms in total. The molecule has 28 heavy (non-hydrogen) atoms. The van der Waals surface area contributed by atoms with Crippen LogP contribution in [0.5, 0.6) is 0 Å². The SMILES string of the molecule is Cc1nc(NC2CCC(NC(=O)c3ccccc3Cl)CC2)nc(N(C)C)c1C.